The predicted octanol–water partition coefficient (Wildman–Crippen LogP) is 3.38. The lowest BCUT2D eigenvalue weighted by Gasteiger charge is -2.19. The van der Waals surface area contributed by atoms with Gasteiger partial charge < -0.3 is 15.2 Å². The maximum absolute atomic E-state index is 13.6. The van der Waals surface area contributed by atoms with Gasteiger partial charge in [-0.05, 0) is 44.9 Å². The lowest BCUT2D eigenvalue weighted by Crippen LogP contribution is -2.32. The lowest BCUT2D eigenvalue weighted by molar-refractivity contribution is -0.136. The number of carboxylic acid groups (broad SMARTS) is 1. The smallest absolute Gasteiger partial charge is 0.407 e. The normalized spacial score (nSPS) is 11.5. The van der Waals surface area contributed by atoms with E-state index in [0.29, 0.717) is 24.1 Å². The van der Waals surface area contributed by atoms with Gasteiger partial charge in [0.15, 0.2) is 0 Å². The van der Waals surface area contributed by atoms with Gasteiger partial charge in [0.05, 0.1) is 6.42 Å². The van der Waals surface area contributed by atoms with Crippen molar-refractivity contribution >= 4 is 18.1 Å². The van der Waals surface area contributed by atoms with E-state index in [1.54, 1.807) is 32.9 Å². The summed E-state index contributed by atoms with van der Waals surface area (Å²) in [6, 6.07) is 4.20. The number of carbonyl (C=O) groups excluding carboxylic acids is 1. The van der Waals surface area contributed by atoms with E-state index in [9.17, 15) is 14.0 Å². The first kappa shape index (κ1) is 18.7. The topological polar surface area (TPSA) is 75.6 Å². The van der Waals surface area contributed by atoms with Crippen LogP contribution in [0.1, 0.15) is 38.3 Å². The largest absolute Gasteiger partial charge is 0.481 e. The molecule has 0 aromatic heterocycles. The molecule has 1 rings (SSSR count). The van der Waals surface area contributed by atoms with Crippen LogP contribution in [-0.2, 0) is 16.0 Å². The Kier molecular flexibility index (Phi) is 6.75. The summed E-state index contributed by atoms with van der Waals surface area (Å²) in [5.74, 6) is -1.39. The Balaban J connectivity index is 2.48. The van der Waals surface area contributed by atoms with Crippen molar-refractivity contribution in [3.05, 3.63) is 41.2 Å². The molecule has 6 heteroatoms. The van der Waals surface area contributed by atoms with E-state index in [1.165, 1.54) is 18.2 Å². The number of alkyl carbamates (subject to hydrolysis) is 1. The van der Waals surface area contributed by atoms with Crippen LogP contribution in [0, 0.1) is 5.82 Å². The fraction of sp³-hybridized carbons (Fsp3) is 0.412. The predicted molar refractivity (Wildman–Crippen MR) is 85.6 cm³/mol. The number of ether oxygens (including phenoxy) is 1. The second kappa shape index (κ2) is 8.31. The van der Waals surface area contributed by atoms with Gasteiger partial charge in [0.2, 0.25) is 0 Å². The highest BCUT2D eigenvalue weighted by atomic mass is 19.1. The molecule has 0 heterocycles. The highest BCUT2D eigenvalue weighted by Gasteiger charge is 2.15. The number of hydrogen-bond acceptors (Lipinski definition) is 3. The minimum absolute atomic E-state index is 0.151. The summed E-state index contributed by atoms with van der Waals surface area (Å²) in [5.41, 5.74) is 0.305. The van der Waals surface area contributed by atoms with Gasteiger partial charge >= 0.3 is 12.1 Å². The molecular formula is C17H22FNO4. The Morgan fingerprint density at radius 1 is 1.35 bits per heavy atom. The first-order valence-electron chi connectivity index (χ1n) is 7.31. The van der Waals surface area contributed by atoms with Crippen molar-refractivity contribution in [1.82, 2.24) is 5.32 Å². The molecule has 1 amide bonds. The number of carboxylic acids is 1. The average Bonchev–Trinajstić information content (AvgIpc) is 2.39. The van der Waals surface area contributed by atoms with Crippen molar-refractivity contribution < 1.29 is 23.8 Å². The summed E-state index contributed by atoms with van der Waals surface area (Å²) in [6.45, 7) is 5.69. The van der Waals surface area contributed by atoms with Crippen molar-refractivity contribution in [3.63, 3.8) is 0 Å². The van der Waals surface area contributed by atoms with Gasteiger partial charge in [0.25, 0.3) is 0 Å². The molecule has 0 aliphatic carbocycles. The first-order valence-corrected chi connectivity index (χ1v) is 7.31. The van der Waals surface area contributed by atoms with Crippen LogP contribution in [0.4, 0.5) is 9.18 Å². The zero-order chi connectivity index (χ0) is 17.5. The van der Waals surface area contributed by atoms with Gasteiger partial charge in [-0.2, -0.15) is 0 Å². The second-order valence-electron chi connectivity index (χ2n) is 6.05. The summed E-state index contributed by atoms with van der Waals surface area (Å²) < 4.78 is 18.7. The molecule has 0 atom stereocenters. The number of halogens is 1. The fourth-order valence-electron chi connectivity index (χ4n) is 1.79. The maximum atomic E-state index is 13.6. The van der Waals surface area contributed by atoms with E-state index < -0.39 is 23.5 Å². The van der Waals surface area contributed by atoms with Gasteiger partial charge in [-0.25, -0.2) is 9.18 Å². The number of amides is 1. The summed E-state index contributed by atoms with van der Waals surface area (Å²) in [6.07, 6.45) is 3.13. The summed E-state index contributed by atoms with van der Waals surface area (Å²) in [4.78, 5) is 22.1. The second-order valence-corrected chi connectivity index (χ2v) is 6.05. The van der Waals surface area contributed by atoms with Crippen LogP contribution in [0.15, 0.2) is 24.3 Å². The Labute approximate surface area is 135 Å². The van der Waals surface area contributed by atoms with Gasteiger partial charge in [-0.15, -0.1) is 0 Å². The molecule has 0 aliphatic heterocycles. The molecule has 23 heavy (non-hydrogen) atoms. The van der Waals surface area contributed by atoms with Crippen molar-refractivity contribution in [2.45, 2.75) is 39.2 Å². The molecule has 0 saturated heterocycles. The summed E-state index contributed by atoms with van der Waals surface area (Å²) in [5, 5.41) is 11.3. The minimum Gasteiger partial charge on any atom is -0.481 e. The summed E-state index contributed by atoms with van der Waals surface area (Å²) in [7, 11) is 0. The van der Waals surface area contributed by atoms with Crippen molar-refractivity contribution in [2.24, 2.45) is 0 Å². The molecule has 2 N–H and O–H groups in total. The van der Waals surface area contributed by atoms with Gasteiger partial charge in [0.1, 0.15) is 11.4 Å². The minimum atomic E-state index is -0.965. The van der Waals surface area contributed by atoms with Crippen LogP contribution in [0.5, 0.6) is 0 Å². The van der Waals surface area contributed by atoms with E-state index in [-0.39, 0.29) is 6.42 Å². The van der Waals surface area contributed by atoms with E-state index in [2.05, 4.69) is 5.32 Å². The van der Waals surface area contributed by atoms with E-state index in [1.807, 2.05) is 0 Å². The summed E-state index contributed by atoms with van der Waals surface area (Å²) >= 11 is 0. The van der Waals surface area contributed by atoms with Crippen LogP contribution in [0.3, 0.4) is 0 Å². The van der Waals surface area contributed by atoms with Crippen LogP contribution >= 0.6 is 0 Å². The standard InChI is InChI=1S/C17H22FNO4/c1-17(2,3)23-16(22)19-9-5-4-6-13-10-12(11-15(20)21)7-8-14(13)18/h4,6-8,10H,5,9,11H2,1-3H3,(H,19,22)(H,20,21). The van der Waals surface area contributed by atoms with Gasteiger partial charge in [-0.1, -0.05) is 18.2 Å². The van der Waals surface area contributed by atoms with E-state index >= 15 is 0 Å². The molecule has 0 bridgehead atoms. The van der Waals surface area contributed by atoms with Crippen LogP contribution < -0.4 is 5.32 Å². The third-order valence-electron chi connectivity index (χ3n) is 2.69. The zero-order valence-corrected chi connectivity index (χ0v) is 13.6. The third-order valence-corrected chi connectivity index (χ3v) is 2.69. The molecule has 0 unspecified atom stereocenters. The number of carbonyl (C=O) groups is 2. The zero-order valence-electron chi connectivity index (χ0n) is 13.6. The van der Waals surface area contributed by atoms with E-state index in [4.69, 9.17) is 9.84 Å². The van der Waals surface area contributed by atoms with Crippen LogP contribution in [-0.4, -0.2) is 29.3 Å². The number of benzene rings is 1. The van der Waals surface area contributed by atoms with Crippen molar-refractivity contribution in [1.29, 1.82) is 0 Å². The quantitative estimate of drug-likeness (QED) is 0.787. The van der Waals surface area contributed by atoms with Gasteiger partial charge in [0, 0.05) is 12.1 Å². The highest BCUT2D eigenvalue weighted by Crippen LogP contribution is 2.13. The Bertz CT molecular complexity index is 591. The fourth-order valence-corrected chi connectivity index (χ4v) is 1.79. The number of aliphatic carboxylic acids is 1. The maximum Gasteiger partial charge on any atom is 0.407 e. The number of rotatable bonds is 6. The van der Waals surface area contributed by atoms with Crippen LogP contribution in [0.2, 0.25) is 0 Å². The molecular weight excluding hydrogens is 301 g/mol. The molecule has 0 radical (unpaired) electrons. The van der Waals surface area contributed by atoms with Gasteiger partial charge in [-0.3, -0.25) is 4.79 Å². The lowest BCUT2D eigenvalue weighted by atomic mass is 10.1. The molecule has 0 spiro atoms. The third kappa shape index (κ3) is 7.99. The number of hydrogen-bond donors (Lipinski definition) is 2. The molecule has 1 aromatic rings. The monoisotopic (exact) mass is 323 g/mol. The molecule has 5 nitrogen and oxygen atoms in total. The Morgan fingerprint density at radius 2 is 2.04 bits per heavy atom. The molecule has 0 saturated carbocycles. The molecule has 0 aliphatic rings. The molecule has 0 fully saturated rings. The van der Waals surface area contributed by atoms with Crippen molar-refractivity contribution in [2.75, 3.05) is 6.54 Å². The SMILES string of the molecule is CC(C)(C)OC(=O)NCCC=Cc1cc(CC(=O)O)ccc1F. The molecule has 1 aromatic carbocycles. The highest BCUT2D eigenvalue weighted by molar-refractivity contribution is 5.70. The van der Waals surface area contributed by atoms with Crippen molar-refractivity contribution in [3.8, 4) is 0 Å². The average molecular weight is 323 g/mol. The number of nitrogens with one attached hydrogen (secondary N) is 1. The molecule has 126 valence electrons. The Hall–Kier alpha value is -2.37. The van der Waals surface area contributed by atoms with E-state index in [0.717, 1.165) is 0 Å². The van der Waals surface area contributed by atoms with Crippen LogP contribution in [0.25, 0.3) is 6.08 Å². The Morgan fingerprint density at radius 3 is 2.65 bits per heavy atom. The first-order chi connectivity index (χ1) is 10.7.